The average Bonchev–Trinajstić information content (AvgIpc) is 4.05. The Morgan fingerprint density at radius 3 is 2.50 bits per heavy atom. The lowest BCUT2D eigenvalue weighted by molar-refractivity contribution is -0.136. The van der Waals surface area contributed by atoms with Crippen LogP contribution in [0.2, 0.25) is 0 Å². The van der Waals surface area contributed by atoms with Gasteiger partial charge in [-0.15, -0.1) is 11.3 Å². The Kier molecular flexibility index (Phi) is 10.5. The van der Waals surface area contributed by atoms with Crippen molar-refractivity contribution >= 4 is 55.9 Å². The van der Waals surface area contributed by atoms with Crippen molar-refractivity contribution in [1.82, 2.24) is 30.3 Å². The molecule has 4 aliphatic rings. The number of thiophene rings is 1. The summed E-state index contributed by atoms with van der Waals surface area (Å²) in [6.45, 7) is 1.78. The van der Waals surface area contributed by atoms with Crippen molar-refractivity contribution in [2.45, 2.75) is 94.1 Å². The molecule has 3 aliphatic carbocycles. The highest BCUT2D eigenvalue weighted by Crippen LogP contribution is 2.47. The Hall–Kier alpha value is -5.02. The molecule has 2 unspecified atom stereocenters. The van der Waals surface area contributed by atoms with Gasteiger partial charge in [0.15, 0.2) is 5.78 Å². The van der Waals surface area contributed by atoms with Gasteiger partial charge in [-0.3, -0.25) is 28.9 Å². The maximum absolute atomic E-state index is 14.8. The van der Waals surface area contributed by atoms with E-state index in [4.69, 9.17) is 14.7 Å². The largest absolute Gasteiger partial charge is 0.473 e. The molecule has 3 amide bonds. The molecule has 1 aromatic carbocycles. The van der Waals surface area contributed by atoms with Gasteiger partial charge in [0.25, 0.3) is 11.8 Å². The number of allylic oxidation sites excluding steroid dienone is 1. The second-order valence-electron chi connectivity index (χ2n) is 15.4. The molecule has 0 bridgehead atoms. The molecule has 56 heavy (non-hydrogen) atoms. The van der Waals surface area contributed by atoms with Crippen molar-refractivity contribution in [3.05, 3.63) is 83.5 Å². The number of pyridine rings is 1. The van der Waals surface area contributed by atoms with Crippen LogP contribution < -0.4 is 20.1 Å². The van der Waals surface area contributed by atoms with Crippen LogP contribution in [-0.4, -0.2) is 69.8 Å². The van der Waals surface area contributed by atoms with Crippen molar-refractivity contribution in [3.63, 3.8) is 0 Å². The minimum absolute atomic E-state index is 0.114. The maximum Gasteiger partial charge on any atom is 0.259 e. The molecule has 4 heterocycles. The van der Waals surface area contributed by atoms with Crippen LogP contribution in [-0.2, 0) is 24.4 Å². The lowest BCUT2D eigenvalue weighted by atomic mass is 9.85. The Morgan fingerprint density at radius 2 is 1.75 bits per heavy atom. The van der Waals surface area contributed by atoms with Crippen molar-refractivity contribution in [2.75, 3.05) is 0 Å². The number of hydrogen-bond acceptors (Lipinski definition) is 11. The predicted octanol–water partition coefficient (Wildman–Crippen LogP) is 5.21. The number of rotatable bonds is 8. The fourth-order valence-corrected chi connectivity index (χ4v) is 10.1. The summed E-state index contributed by atoms with van der Waals surface area (Å²) in [7, 11) is -3.89. The van der Waals surface area contributed by atoms with Crippen molar-refractivity contribution in [1.29, 1.82) is 0 Å². The van der Waals surface area contributed by atoms with E-state index in [0.29, 0.717) is 60.0 Å². The van der Waals surface area contributed by atoms with Crippen molar-refractivity contribution in [3.8, 4) is 16.5 Å². The van der Waals surface area contributed by atoms with Gasteiger partial charge >= 0.3 is 0 Å². The average molecular weight is 797 g/mol. The fraction of sp³-hybridized carbons (Fsp3) is 0.439. The quantitative estimate of drug-likeness (QED) is 0.200. The van der Waals surface area contributed by atoms with E-state index in [1.165, 1.54) is 17.5 Å². The molecule has 3 aromatic heterocycles. The summed E-state index contributed by atoms with van der Waals surface area (Å²) in [6, 6.07) is 12.0. The summed E-state index contributed by atoms with van der Waals surface area (Å²) >= 11 is 1.49. The molecular weight excluding hydrogens is 753 g/mol. The molecule has 13 nitrogen and oxygen atoms in total. The van der Waals surface area contributed by atoms with E-state index in [1.807, 2.05) is 53.9 Å². The molecule has 292 valence electrons. The van der Waals surface area contributed by atoms with Crippen molar-refractivity contribution in [2.24, 2.45) is 17.8 Å². The number of para-hydroxylation sites is 2. The lowest BCUT2D eigenvalue weighted by Crippen LogP contribution is -2.54. The van der Waals surface area contributed by atoms with E-state index < -0.39 is 68.4 Å². The van der Waals surface area contributed by atoms with Gasteiger partial charge in [-0.1, -0.05) is 43.2 Å². The van der Waals surface area contributed by atoms with Gasteiger partial charge in [-0.2, -0.15) is 0 Å². The van der Waals surface area contributed by atoms with Gasteiger partial charge in [0.2, 0.25) is 21.8 Å². The van der Waals surface area contributed by atoms with Crippen molar-refractivity contribution < 1.29 is 32.3 Å². The summed E-state index contributed by atoms with van der Waals surface area (Å²) < 4.78 is 34.7. The van der Waals surface area contributed by atoms with Crippen LogP contribution in [0, 0.1) is 24.7 Å². The lowest BCUT2D eigenvalue weighted by Gasteiger charge is -2.26. The molecule has 3 saturated carbocycles. The minimum atomic E-state index is -3.89. The van der Waals surface area contributed by atoms with Crippen LogP contribution in [0.1, 0.15) is 80.1 Å². The Balaban J connectivity index is 1.13. The highest BCUT2D eigenvalue weighted by atomic mass is 32.2. The van der Waals surface area contributed by atoms with Crippen LogP contribution >= 0.6 is 11.3 Å². The molecule has 0 radical (unpaired) electrons. The number of benzene rings is 1. The van der Waals surface area contributed by atoms with E-state index in [0.717, 1.165) is 17.7 Å². The standard InChI is InChI=1S/C41H44N6O7S2/c1-24-23-42-18-17-28(24)37(49)44-33-13-6-4-2-3-5-10-25-22-41(25,40(51)47-56(52,53)27-15-16-27)46-38(50)30-21-26(20-29(30)36(33)48)54-39-35(34-14-9-19-55-34)43-31-11-7-8-12-32(31)45-39/h5,7-12,14,17-19,23,25-27,29-30,33H,2-4,6,13,15-16,20-22H2,1H3,(H,44,49)(H,46,50)(H,47,51)/b10-5-/t25?,26-,29?,30+,33+,41+/m0/s1. The maximum atomic E-state index is 14.8. The van der Waals surface area contributed by atoms with E-state index >= 15 is 0 Å². The molecule has 1 aliphatic heterocycles. The minimum Gasteiger partial charge on any atom is -0.473 e. The normalized spacial score (nSPS) is 27.5. The number of nitrogens with one attached hydrogen (secondary N) is 3. The first kappa shape index (κ1) is 37.9. The number of carbonyl (C=O) groups excluding carboxylic acids is 4. The number of aromatic nitrogens is 3. The van der Waals surface area contributed by atoms with Crippen LogP contribution in [0.5, 0.6) is 5.88 Å². The first-order valence-corrected chi connectivity index (χ1v) is 21.7. The zero-order valence-electron chi connectivity index (χ0n) is 31.0. The number of sulfonamides is 1. The van der Waals surface area contributed by atoms with E-state index in [1.54, 1.807) is 19.2 Å². The number of fused-ring (bicyclic) bond motifs is 3. The summed E-state index contributed by atoms with van der Waals surface area (Å²) in [4.78, 5) is 71.5. The molecule has 3 N–H and O–H groups in total. The Morgan fingerprint density at radius 1 is 0.964 bits per heavy atom. The third-order valence-corrected chi connectivity index (χ3v) is 14.1. The summed E-state index contributed by atoms with van der Waals surface area (Å²) in [5.41, 5.74) is 1.45. The monoisotopic (exact) mass is 796 g/mol. The number of aryl methyl sites for hydroxylation is 1. The number of carbonyl (C=O) groups is 4. The van der Waals surface area contributed by atoms with E-state index in [2.05, 4.69) is 20.3 Å². The zero-order chi connectivity index (χ0) is 39.0. The molecule has 3 fully saturated rings. The summed E-state index contributed by atoms with van der Waals surface area (Å²) in [5.74, 6) is -4.00. The van der Waals surface area contributed by atoms with Crippen LogP contribution in [0.25, 0.3) is 21.6 Å². The van der Waals surface area contributed by atoms with Crippen LogP contribution in [0.15, 0.2) is 72.4 Å². The number of amides is 3. The zero-order valence-corrected chi connectivity index (χ0v) is 32.6. The van der Waals surface area contributed by atoms with Gasteiger partial charge in [0.1, 0.15) is 17.3 Å². The van der Waals surface area contributed by atoms with E-state index in [-0.39, 0.29) is 30.9 Å². The van der Waals surface area contributed by atoms with E-state index in [9.17, 15) is 27.6 Å². The van der Waals surface area contributed by atoms with Gasteiger partial charge in [-0.05, 0) is 93.5 Å². The predicted molar refractivity (Wildman–Crippen MR) is 210 cm³/mol. The second-order valence-corrected chi connectivity index (χ2v) is 18.3. The summed E-state index contributed by atoms with van der Waals surface area (Å²) in [6.07, 6.45) is 11.1. The van der Waals surface area contributed by atoms with Crippen LogP contribution in [0.3, 0.4) is 0 Å². The first-order valence-electron chi connectivity index (χ1n) is 19.3. The fourth-order valence-electron chi connectivity index (χ4n) is 8.02. The number of hydrogen-bond donors (Lipinski definition) is 3. The van der Waals surface area contributed by atoms with Gasteiger partial charge in [0, 0.05) is 29.8 Å². The van der Waals surface area contributed by atoms with Crippen LogP contribution in [0.4, 0.5) is 0 Å². The SMILES string of the molecule is Cc1cnccc1C(=O)N[C@@H]1CCCCC/C=C\C2C[C@@]2(C(=O)NS(=O)(=O)C2CC2)NC(=O)[C@@H]2C[C@@H](Oc3nc4ccccc4nc3-c3cccs3)CC2C1=O. The molecule has 0 spiro atoms. The number of ketones is 1. The third-order valence-electron chi connectivity index (χ3n) is 11.4. The highest BCUT2D eigenvalue weighted by Gasteiger charge is 2.62. The molecular formula is C41H44N6O7S2. The smallest absolute Gasteiger partial charge is 0.259 e. The number of ether oxygens (including phenoxy) is 1. The first-order chi connectivity index (χ1) is 27.0. The van der Waals surface area contributed by atoms with Gasteiger partial charge in [-0.25, -0.2) is 18.4 Å². The van der Waals surface area contributed by atoms with Gasteiger partial charge < -0.3 is 15.4 Å². The number of Topliss-reactive ketones (excluding diaryl/α,β-unsaturated/α-hetero) is 1. The molecule has 6 atom stereocenters. The second kappa shape index (κ2) is 15.5. The number of nitrogens with zero attached hydrogens (tertiary/aromatic N) is 3. The topological polar surface area (TPSA) is 186 Å². The summed E-state index contributed by atoms with van der Waals surface area (Å²) in [5, 5.41) is 7.25. The third kappa shape index (κ3) is 7.83. The molecule has 4 aromatic rings. The molecule has 15 heteroatoms. The molecule has 0 saturated heterocycles. The molecule has 8 rings (SSSR count). The Bertz CT molecular complexity index is 2310. The Labute approximate surface area is 329 Å². The highest BCUT2D eigenvalue weighted by molar-refractivity contribution is 7.91. The van der Waals surface area contributed by atoms with Gasteiger partial charge in [0.05, 0.1) is 33.1 Å².